The highest BCUT2D eigenvalue weighted by atomic mass is 16.2. The van der Waals surface area contributed by atoms with Gasteiger partial charge in [-0.15, -0.1) is 0 Å². The van der Waals surface area contributed by atoms with Gasteiger partial charge in [-0.2, -0.15) is 0 Å². The van der Waals surface area contributed by atoms with E-state index in [4.69, 9.17) is 0 Å². The van der Waals surface area contributed by atoms with Crippen LogP contribution in [0, 0.1) is 0 Å². The second-order valence-corrected chi connectivity index (χ2v) is 6.27. The van der Waals surface area contributed by atoms with Crippen molar-refractivity contribution in [3.05, 3.63) is 54.0 Å². The van der Waals surface area contributed by atoms with Crippen LogP contribution in [0.25, 0.3) is 0 Å². The SMILES string of the molecule is CC(Nc1cnc(C(=O)NC(C)(C)C)cn1)c1ccccc1. The number of benzene rings is 1. The first-order valence-corrected chi connectivity index (χ1v) is 7.31. The third-order valence-corrected chi connectivity index (χ3v) is 3.04. The largest absolute Gasteiger partial charge is 0.362 e. The number of hydrogen-bond donors (Lipinski definition) is 2. The Morgan fingerprint density at radius 1 is 1.09 bits per heavy atom. The normalized spacial score (nSPS) is 12.5. The van der Waals surface area contributed by atoms with Crippen LogP contribution in [0.2, 0.25) is 0 Å². The predicted molar refractivity (Wildman–Crippen MR) is 87.7 cm³/mol. The van der Waals surface area contributed by atoms with Crippen LogP contribution in [-0.4, -0.2) is 21.4 Å². The van der Waals surface area contributed by atoms with Gasteiger partial charge in [0.15, 0.2) is 0 Å². The molecule has 1 aromatic carbocycles. The van der Waals surface area contributed by atoms with Gasteiger partial charge in [-0.25, -0.2) is 9.97 Å². The molecule has 0 saturated heterocycles. The van der Waals surface area contributed by atoms with Crippen LogP contribution in [0.1, 0.15) is 49.8 Å². The van der Waals surface area contributed by atoms with Gasteiger partial charge >= 0.3 is 0 Å². The molecule has 5 heteroatoms. The Bertz CT molecular complexity index is 617. The molecule has 0 fully saturated rings. The lowest BCUT2D eigenvalue weighted by molar-refractivity contribution is 0.0914. The monoisotopic (exact) mass is 298 g/mol. The van der Waals surface area contributed by atoms with Gasteiger partial charge in [0.1, 0.15) is 11.5 Å². The van der Waals surface area contributed by atoms with Crippen molar-refractivity contribution >= 4 is 11.7 Å². The molecule has 5 nitrogen and oxygen atoms in total. The van der Waals surface area contributed by atoms with Gasteiger partial charge in [-0.05, 0) is 33.3 Å². The van der Waals surface area contributed by atoms with Crippen molar-refractivity contribution in [1.82, 2.24) is 15.3 Å². The average molecular weight is 298 g/mol. The summed E-state index contributed by atoms with van der Waals surface area (Å²) in [6.45, 7) is 7.83. The van der Waals surface area contributed by atoms with Gasteiger partial charge in [0.2, 0.25) is 0 Å². The first-order chi connectivity index (χ1) is 10.3. The van der Waals surface area contributed by atoms with Crippen molar-refractivity contribution in [2.45, 2.75) is 39.3 Å². The molecule has 0 radical (unpaired) electrons. The van der Waals surface area contributed by atoms with Gasteiger partial charge in [-0.1, -0.05) is 30.3 Å². The van der Waals surface area contributed by atoms with Crippen LogP contribution < -0.4 is 10.6 Å². The summed E-state index contributed by atoms with van der Waals surface area (Å²) in [4.78, 5) is 20.4. The molecule has 0 saturated carbocycles. The Balaban J connectivity index is 2.02. The minimum absolute atomic E-state index is 0.116. The van der Waals surface area contributed by atoms with Gasteiger partial charge < -0.3 is 10.6 Å². The number of amides is 1. The maximum atomic E-state index is 12.0. The Kier molecular flexibility index (Phi) is 4.75. The number of anilines is 1. The highest BCUT2D eigenvalue weighted by Crippen LogP contribution is 2.16. The van der Waals surface area contributed by atoms with Crippen molar-refractivity contribution < 1.29 is 4.79 Å². The summed E-state index contributed by atoms with van der Waals surface area (Å²) in [6.07, 6.45) is 3.07. The number of carbonyl (C=O) groups is 1. The van der Waals surface area contributed by atoms with Crippen LogP contribution in [0.4, 0.5) is 5.82 Å². The quantitative estimate of drug-likeness (QED) is 0.909. The van der Waals surface area contributed by atoms with E-state index in [0.29, 0.717) is 11.5 Å². The summed E-state index contributed by atoms with van der Waals surface area (Å²) in [6, 6.07) is 10.2. The summed E-state index contributed by atoms with van der Waals surface area (Å²) in [7, 11) is 0. The lowest BCUT2D eigenvalue weighted by Crippen LogP contribution is -2.41. The molecule has 1 amide bonds. The number of hydrogen-bond acceptors (Lipinski definition) is 4. The van der Waals surface area contributed by atoms with Crippen LogP contribution in [0.3, 0.4) is 0 Å². The summed E-state index contributed by atoms with van der Waals surface area (Å²) in [5, 5.41) is 6.13. The Morgan fingerprint density at radius 2 is 1.77 bits per heavy atom. The molecule has 1 heterocycles. The molecule has 0 bridgehead atoms. The molecule has 2 rings (SSSR count). The van der Waals surface area contributed by atoms with Crippen LogP contribution >= 0.6 is 0 Å². The summed E-state index contributed by atoms with van der Waals surface area (Å²) >= 11 is 0. The van der Waals surface area contributed by atoms with E-state index in [1.54, 1.807) is 6.20 Å². The van der Waals surface area contributed by atoms with E-state index in [-0.39, 0.29) is 17.5 Å². The molecule has 0 aliphatic rings. The molecular weight excluding hydrogens is 276 g/mol. The van der Waals surface area contributed by atoms with Gasteiger partial charge in [0.25, 0.3) is 5.91 Å². The minimum atomic E-state index is -0.294. The van der Waals surface area contributed by atoms with Crippen molar-refractivity contribution in [2.75, 3.05) is 5.32 Å². The fraction of sp³-hybridized carbons (Fsp3) is 0.353. The zero-order chi connectivity index (χ0) is 16.2. The first-order valence-electron chi connectivity index (χ1n) is 7.31. The average Bonchev–Trinajstić information content (AvgIpc) is 2.47. The van der Waals surface area contributed by atoms with Crippen LogP contribution in [0.5, 0.6) is 0 Å². The first kappa shape index (κ1) is 15.9. The highest BCUT2D eigenvalue weighted by molar-refractivity contribution is 5.92. The topological polar surface area (TPSA) is 66.9 Å². The van der Waals surface area contributed by atoms with Crippen molar-refractivity contribution in [3.63, 3.8) is 0 Å². The third-order valence-electron chi connectivity index (χ3n) is 3.04. The summed E-state index contributed by atoms with van der Waals surface area (Å²) in [5.41, 5.74) is 1.18. The fourth-order valence-electron chi connectivity index (χ4n) is 1.97. The molecule has 22 heavy (non-hydrogen) atoms. The maximum absolute atomic E-state index is 12.0. The second kappa shape index (κ2) is 6.56. The maximum Gasteiger partial charge on any atom is 0.271 e. The van der Waals surface area contributed by atoms with Crippen LogP contribution in [0.15, 0.2) is 42.7 Å². The molecule has 116 valence electrons. The minimum Gasteiger partial charge on any atom is -0.362 e. The number of rotatable bonds is 4. The fourth-order valence-corrected chi connectivity index (χ4v) is 1.97. The number of aromatic nitrogens is 2. The Labute approximate surface area is 131 Å². The lowest BCUT2D eigenvalue weighted by Gasteiger charge is -2.20. The van der Waals surface area contributed by atoms with Gasteiger partial charge in [-0.3, -0.25) is 4.79 Å². The molecule has 1 aromatic heterocycles. The van der Waals surface area contributed by atoms with Crippen LogP contribution in [-0.2, 0) is 0 Å². The van der Waals surface area contributed by atoms with E-state index in [2.05, 4.69) is 39.7 Å². The molecule has 2 N–H and O–H groups in total. The van der Waals surface area contributed by atoms with Gasteiger partial charge in [0, 0.05) is 11.6 Å². The molecule has 1 atom stereocenters. The van der Waals surface area contributed by atoms with E-state index in [0.717, 1.165) is 0 Å². The molecule has 2 aromatic rings. The van der Waals surface area contributed by atoms with E-state index < -0.39 is 0 Å². The van der Waals surface area contributed by atoms with Crippen molar-refractivity contribution in [1.29, 1.82) is 0 Å². The third kappa shape index (κ3) is 4.55. The van der Waals surface area contributed by atoms with E-state index in [1.807, 2.05) is 39.0 Å². The lowest BCUT2D eigenvalue weighted by atomic mass is 10.1. The van der Waals surface area contributed by atoms with Crippen molar-refractivity contribution in [3.8, 4) is 0 Å². The summed E-state index contributed by atoms with van der Waals surface area (Å²) in [5.74, 6) is 0.423. The molecule has 0 spiro atoms. The predicted octanol–water partition coefficient (Wildman–Crippen LogP) is 3.18. The number of carbonyl (C=O) groups excluding carboxylic acids is 1. The van der Waals surface area contributed by atoms with E-state index in [9.17, 15) is 4.79 Å². The smallest absolute Gasteiger partial charge is 0.271 e. The summed E-state index contributed by atoms with van der Waals surface area (Å²) < 4.78 is 0. The Hall–Kier alpha value is -2.43. The number of nitrogens with zero attached hydrogens (tertiary/aromatic N) is 2. The highest BCUT2D eigenvalue weighted by Gasteiger charge is 2.16. The molecule has 0 aliphatic heterocycles. The second-order valence-electron chi connectivity index (χ2n) is 6.27. The van der Waals surface area contributed by atoms with Gasteiger partial charge in [0.05, 0.1) is 12.4 Å². The zero-order valence-electron chi connectivity index (χ0n) is 13.4. The Morgan fingerprint density at radius 3 is 2.32 bits per heavy atom. The standard InChI is InChI=1S/C17H22N4O/c1-12(13-8-6-5-7-9-13)20-15-11-18-14(10-19-15)16(22)21-17(2,3)4/h5-12H,1-4H3,(H,19,20)(H,21,22). The molecule has 0 aliphatic carbocycles. The number of nitrogens with one attached hydrogen (secondary N) is 2. The molecular formula is C17H22N4O. The van der Waals surface area contributed by atoms with Crippen molar-refractivity contribution in [2.24, 2.45) is 0 Å². The molecule has 1 unspecified atom stereocenters. The van der Waals surface area contributed by atoms with E-state index in [1.165, 1.54) is 11.8 Å². The zero-order valence-corrected chi connectivity index (χ0v) is 13.4. The van der Waals surface area contributed by atoms with E-state index >= 15 is 0 Å².